The van der Waals surface area contributed by atoms with Crippen LogP contribution in [0.15, 0.2) is 30.3 Å². The molecule has 1 saturated heterocycles. The Bertz CT molecular complexity index is 391. The summed E-state index contributed by atoms with van der Waals surface area (Å²) in [5.41, 5.74) is 3.91. The monoisotopic (exact) mass is 264 g/mol. The lowest BCUT2D eigenvalue weighted by Gasteiger charge is -2.28. The molecule has 1 fully saturated rings. The van der Waals surface area contributed by atoms with Gasteiger partial charge in [-0.15, -0.1) is 0 Å². The maximum Gasteiger partial charge on any atom is 0.263 e. The van der Waals surface area contributed by atoms with Gasteiger partial charge < -0.3 is 9.47 Å². The summed E-state index contributed by atoms with van der Waals surface area (Å²) < 4.78 is 10.8. The second-order valence-corrected chi connectivity index (χ2v) is 4.51. The Balaban J connectivity index is 1.72. The number of carbonyl (C=O) groups is 1. The number of carbonyl (C=O) groups excluding carboxylic acids is 1. The fourth-order valence-corrected chi connectivity index (χ4v) is 1.79. The van der Waals surface area contributed by atoms with Gasteiger partial charge in [0.2, 0.25) is 0 Å². The molecule has 19 heavy (non-hydrogen) atoms. The van der Waals surface area contributed by atoms with Gasteiger partial charge in [0.15, 0.2) is 0 Å². The summed E-state index contributed by atoms with van der Waals surface area (Å²) in [6, 6.07) is 9.82. The molecule has 2 rings (SSSR count). The fraction of sp³-hybridized carbons (Fsp3) is 0.500. The van der Waals surface area contributed by atoms with E-state index in [-0.39, 0.29) is 5.91 Å². The molecule has 0 spiro atoms. The molecule has 104 valence electrons. The van der Waals surface area contributed by atoms with Crippen LogP contribution >= 0.6 is 0 Å². The average Bonchev–Trinajstić information content (AvgIpc) is 2.47. The minimum Gasteiger partial charge on any atom is -0.379 e. The summed E-state index contributed by atoms with van der Waals surface area (Å²) >= 11 is 0. The fourth-order valence-electron chi connectivity index (χ4n) is 1.79. The molecular formula is C14H20N2O3. The van der Waals surface area contributed by atoms with E-state index in [1.807, 2.05) is 35.3 Å². The summed E-state index contributed by atoms with van der Waals surface area (Å²) in [5.74, 6) is -0.113. The van der Waals surface area contributed by atoms with Gasteiger partial charge in [-0.1, -0.05) is 30.3 Å². The first-order valence-corrected chi connectivity index (χ1v) is 6.54. The zero-order chi connectivity index (χ0) is 13.5. The van der Waals surface area contributed by atoms with Crippen molar-refractivity contribution in [2.45, 2.75) is 19.6 Å². The van der Waals surface area contributed by atoms with E-state index in [9.17, 15) is 4.79 Å². The van der Waals surface area contributed by atoms with E-state index in [0.717, 1.165) is 18.7 Å². The zero-order valence-electron chi connectivity index (χ0n) is 11.2. The number of amides is 1. The standard InChI is InChI=1S/C14H20N2O3/c1-12(19-11-13-5-3-2-4-6-13)14(17)15-16-7-9-18-10-8-16/h2-6,12H,7-11H2,1H3,(H,15,17)/t12-/m1/s1. The van der Waals surface area contributed by atoms with E-state index < -0.39 is 6.10 Å². The summed E-state index contributed by atoms with van der Waals surface area (Å²) in [6.07, 6.45) is -0.469. The van der Waals surface area contributed by atoms with Crippen molar-refractivity contribution < 1.29 is 14.3 Å². The number of hydrogen-bond acceptors (Lipinski definition) is 4. The van der Waals surface area contributed by atoms with Crippen molar-refractivity contribution in [3.8, 4) is 0 Å². The first-order valence-electron chi connectivity index (χ1n) is 6.54. The normalized spacial score (nSPS) is 17.9. The number of benzene rings is 1. The molecule has 5 nitrogen and oxygen atoms in total. The predicted molar refractivity (Wildman–Crippen MR) is 71.2 cm³/mol. The van der Waals surface area contributed by atoms with Crippen LogP contribution in [-0.4, -0.2) is 43.3 Å². The molecule has 1 aromatic rings. The van der Waals surface area contributed by atoms with Crippen LogP contribution in [0.4, 0.5) is 0 Å². The molecule has 0 radical (unpaired) electrons. The molecule has 1 aliphatic heterocycles. The van der Waals surface area contributed by atoms with Crippen molar-refractivity contribution in [2.75, 3.05) is 26.3 Å². The Hall–Kier alpha value is -1.43. The molecule has 1 amide bonds. The maximum atomic E-state index is 11.9. The number of nitrogens with one attached hydrogen (secondary N) is 1. The second kappa shape index (κ2) is 7.23. The smallest absolute Gasteiger partial charge is 0.263 e. The van der Waals surface area contributed by atoms with E-state index in [0.29, 0.717) is 19.8 Å². The summed E-state index contributed by atoms with van der Waals surface area (Å²) in [7, 11) is 0. The van der Waals surface area contributed by atoms with Crippen LogP contribution in [-0.2, 0) is 20.9 Å². The molecule has 1 atom stereocenters. The number of hydrazine groups is 1. The van der Waals surface area contributed by atoms with Gasteiger partial charge in [0.1, 0.15) is 6.10 Å². The second-order valence-electron chi connectivity index (χ2n) is 4.51. The molecule has 0 aliphatic carbocycles. The molecule has 0 saturated carbocycles. The van der Waals surface area contributed by atoms with Crippen LogP contribution in [0, 0.1) is 0 Å². The average molecular weight is 264 g/mol. The van der Waals surface area contributed by atoms with E-state index in [1.54, 1.807) is 6.92 Å². The van der Waals surface area contributed by atoms with Crippen molar-refractivity contribution in [3.05, 3.63) is 35.9 Å². The highest BCUT2D eigenvalue weighted by molar-refractivity contribution is 5.79. The van der Waals surface area contributed by atoms with Gasteiger partial charge in [-0.25, -0.2) is 5.01 Å². The molecule has 1 aliphatic rings. The van der Waals surface area contributed by atoms with E-state index in [2.05, 4.69) is 5.43 Å². The quantitative estimate of drug-likeness (QED) is 0.860. The maximum absolute atomic E-state index is 11.9. The third-order valence-electron chi connectivity index (χ3n) is 2.99. The van der Waals surface area contributed by atoms with E-state index in [4.69, 9.17) is 9.47 Å². The minimum atomic E-state index is -0.469. The Morgan fingerprint density at radius 1 is 1.37 bits per heavy atom. The predicted octanol–water partition coefficient (Wildman–Crippen LogP) is 0.955. The number of nitrogens with zero attached hydrogens (tertiary/aromatic N) is 1. The zero-order valence-corrected chi connectivity index (χ0v) is 11.2. The molecule has 1 aromatic carbocycles. The third kappa shape index (κ3) is 4.63. The minimum absolute atomic E-state index is 0.113. The van der Waals surface area contributed by atoms with Crippen LogP contribution < -0.4 is 5.43 Å². The van der Waals surface area contributed by atoms with Gasteiger partial charge in [0.05, 0.1) is 19.8 Å². The number of rotatable bonds is 5. The molecular weight excluding hydrogens is 244 g/mol. The van der Waals surface area contributed by atoms with Crippen molar-refractivity contribution >= 4 is 5.91 Å². The van der Waals surface area contributed by atoms with Crippen molar-refractivity contribution in [1.82, 2.24) is 10.4 Å². The Kier molecular flexibility index (Phi) is 5.32. The Morgan fingerprint density at radius 3 is 2.74 bits per heavy atom. The number of morpholine rings is 1. The van der Waals surface area contributed by atoms with E-state index in [1.165, 1.54) is 0 Å². The Labute approximate surface area is 113 Å². The summed E-state index contributed by atoms with van der Waals surface area (Å²) in [6.45, 7) is 4.95. The van der Waals surface area contributed by atoms with Gasteiger partial charge in [0.25, 0.3) is 5.91 Å². The third-order valence-corrected chi connectivity index (χ3v) is 2.99. The Morgan fingerprint density at radius 2 is 2.05 bits per heavy atom. The van der Waals surface area contributed by atoms with Crippen molar-refractivity contribution in [1.29, 1.82) is 0 Å². The van der Waals surface area contributed by atoms with E-state index >= 15 is 0 Å². The van der Waals surface area contributed by atoms with Gasteiger partial charge in [-0.3, -0.25) is 10.2 Å². The number of ether oxygens (including phenoxy) is 2. The van der Waals surface area contributed by atoms with Crippen LogP contribution in [0.25, 0.3) is 0 Å². The summed E-state index contributed by atoms with van der Waals surface area (Å²) in [4.78, 5) is 11.9. The SMILES string of the molecule is C[C@@H](OCc1ccccc1)C(=O)NN1CCOCC1. The molecule has 5 heteroatoms. The largest absolute Gasteiger partial charge is 0.379 e. The highest BCUT2D eigenvalue weighted by atomic mass is 16.5. The highest BCUT2D eigenvalue weighted by Crippen LogP contribution is 2.04. The lowest BCUT2D eigenvalue weighted by atomic mass is 10.2. The number of hydrogen-bond donors (Lipinski definition) is 1. The lowest BCUT2D eigenvalue weighted by Crippen LogP contribution is -2.51. The summed E-state index contributed by atoms with van der Waals surface area (Å²) in [5, 5.41) is 1.87. The molecule has 0 aromatic heterocycles. The molecule has 0 unspecified atom stereocenters. The van der Waals surface area contributed by atoms with Crippen LogP contribution in [0.2, 0.25) is 0 Å². The van der Waals surface area contributed by atoms with Gasteiger partial charge in [0, 0.05) is 13.1 Å². The van der Waals surface area contributed by atoms with Crippen LogP contribution in [0.1, 0.15) is 12.5 Å². The highest BCUT2D eigenvalue weighted by Gasteiger charge is 2.18. The van der Waals surface area contributed by atoms with Gasteiger partial charge in [-0.2, -0.15) is 0 Å². The lowest BCUT2D eigenvalue weighted by molar-refractivity contribution is -0.139. The van der Waals surface area contributed by atoms with Gasteiger partial charge >= 0.3 is 0 Å². The van der Waals surface area contributed by atoms with Crippen LogP contribution in [0.3, 0.4) is 0 Å². The van der Waals surface area contributed by atoms with Crippen molar-refractivity contribution in [2.24, 2.45) is 0 Å². The van der Waals surface area contributed by atoms with Crippen molar-refractivity contribution in [3.63, 3.8) is 0 Å². The van der Waals surface area contributed by atoms with Crippen LogP contribution in [0.5, 0.6) is 0 Å². The topological polar surface area (TPSA) is 50.8 Å². The molecule has 0 bridgehead atoms. The first-order chi connectivity index (χ1) is 9.25. The molecule has 1 N–H and O–H groups in total. The first kappa shape index (κ1) is 14.0. The van der Waals surface area contributed by atoms with Gasteiger partial charge in [-0.05, 0) is 12.5 Å². The molecule has 1 heterocycles.